The summed E-state index contributed by atoms with van der Waals surface area (Å²) >= 11 is 0. The van der Waals surface area contributed by atoms with Gasteiger partial charge >= 0.3 is 0 Å². The van der Waals surface area contributed by atoms with Gasteiger partial charge in [-0.15, -0.1) is 0 Å². The highest BCUT2D eigenvalue weighted by molar-refractivity contribution is 5.80. The lowest BCUT2D eigenvalue weighted by Gasteiger charge is -2.51. The van der Waals surface area contributed by atoms with Crippen LogP contribution in [0.2, 0.25) is 0 Å². The van der Waals surface area contributed by atoms with Crippen LogP contribution in [0.3, 0.4) is 0 Å². The number of hydrogen-bond acceptors (Lipinski definition) is 14. The van der Waals surface area contributed by atoms with Gasteiger partial charge in [0, 0.05) is 43.3 Å². The summed E-state index contributed by atoms with van der Waals surface area (Å²) in [5.74, 6) is 0.837. The number of ether oxygens (including phenoxy) is 4. The van der Waals surface area contributed by atoms with Crippen molar-refractivity contribution in [1.82, 2.24) is 42.1 Å². The summed E-state index contributed by atoms with van der Waals surface area (Å²) in [6, 6.07) is 2.92. The first-order valence-corrected chi connectivity index (χ1v) is 22.5. The largest absolute Gasteiger partial charge is 0.453 e. The van der Waals surface area contributed by atoms with Crippen LogP contribution in [0.4, 0.5) is 24.5 Å². The Morgan fingerprint density at radius 3 is 2.20 bits per heavy atom. The highest BCUT2D eigenvalue weighted by atomic mass is 19.1. The minimum Gasteiger partial charge on any atom is -0.453 e. The van der Waals surface area contributed by atoms with E-state index in [9.17, 15) is 0 Å². The first-order chi connectivity index (χ1) is 29.7. The van der Waals surface area contributed by atoms with Crippen LogP contribution in [-0.4, -0.2) is 107 Å². The van der Waals surface area contributed by atoms with E-state index in [-0.39, 0.29) is 43.0 Å². The Labute approximate surface area is 356 Å². The van der Waals surface area contributed by atoms with E-state index in [2.05, 4.69) is 59.7 Å². The zero-order valence-corrected chi connectivity index (χ0v) is 35.5. The third-order valence-corrected chi connectivity index (χ3v) is 13.2. The average molecular weight is 853 g/mol. The van der Waals surface area contributed by atoms with Crippen molar-refractivity contribution in [3.05, 3.63) is 47.0 Å². The van der Waals surface area contributed by atoms with Gasteiger partial charge in [0.2, 0.25) is 6.79 Å². The van der Waals surface area contributed by atoms with Gasteiger partial charge in [0.15, 0.2) is 34.6 Å². The van der Waals surface area contributed by atoms with Gasteiger partial charge in [-0.05, 0) is 90.1 Å². The Hall–Kier alpha value is -3.81. The Balaban J connectivity index is 0.982. The molecule has 8 unspecified atom stereocenters. The van der Waals surface area contributed by atoms with Crippen molar-refractivity contribution in [3.63, 3.8) is 0 Å². The van der Waals surface area contributed by atoms with Crippen LogP contribution < -0.4 is 66.8 Å². The van der Waals surface area contributed by atoms with E-state index in [0.717, 1.165) is 75.6 Å². The molecule has 1 saturated carbocycles. The molecule has 7 aliphatic rings. The van der Waals surface area contributed by atoms with E-state index in [1.165, 1.54) is 0 Å². The molecular weight excluding hydrogens is 790 g/mol. The van der Waals surface area contributed by atoms with Crippen LogP contribution in [-0.2, 0) is 0 Å². The van der Waals surface area contributed by atoms with Crippen molar-refractivity contribution in [2.75, 3.05) is 57.2 Å². The Morgan fingerprint density at radius 1 is 0.787 bits per heavy atom. The third kappa shape index (κ3) is 9.03. The number of rotatable bonds is 11. The van der Waals surface area contributed by atoms with Gasteiger partial charge in [0.1, 0.15) is 18.8 Å². The summed E-state index contributed by atoms with van der Waals surface area (Å²) in [4.78, 5) is 2.10. The molecule has 61 heavy (non-hydrogen) atoms. The zero-order valence-electron chi connectivity index (χ0n) is 35.5. The van der Waals surface area contributed by atoms with Crippen LogP contribution in [0.1, 0.15) is 89.2 Å². The molecule has 14 nitrogen and oxygen atoms in total. The lowest BCUT2D eigenvalue weighted by atomic mass is 9.92. The molecule has 2 aromatic carbocycles. The van der Waals surface area contributed by atoms with Gasteiger partial charge in [-0.1, -0.05) is 31.4 Å². The number of anilines is 2. The summed E-state index contributed by atoms with van der Waals surface area (Å²) in [7, 11) is 1.90. The summed E-state index contributed by atoms with van der Waals surface area (Å²) in [5, 5.41) is 30.7. The lowest BCUT2D eigenvalue weighted by molar-refractivity contribution is -0.0621. The van der Waals surface area contributed by atoms with Crippen LogP contribution in [0.5, 0.6) is 23.0 Å². The summed E-state index contributed by atoms with van der Waals surface area (Å²) in [6.45, 7) is 6.97. The monoisotopic (exact) mass is 852 g/mol. The van der Waals surface area contributed by atoms with Gasteiger partial charge in [0.05, 0.1) is 41.4 Å². The number of halogens is 3. The molecule has 8 atom stereocenters. The van der Waals surface area contributed by atoms with Crippen molar-refractivity contribution in [3.8, 4) is 23.0 Å². The predicted octanol–water partition coefficient (Wildman–Crippen LogP) is 4.81. The van der Waals surface area contributed by atoms with E-state index in [4.69, 9.17) is 18.9 Å². The number of benzene rings is 2. The smallest absolute Gasteiger partial charge is 0.253 e. The second-order valence-electron chi connectivity index (χ2n) is 17.5. The maximum absolute atomic E-state index is 16.9. The van der Waals surface area contributed by atoms with Gasteiger partial charge in [-0.2, -0.15) is 0 Å². The Bertz CT molecular complexity index is 1950. The van der Waals surface area contributed by atoms with Gasteiger partial charge < -0.3 is 45.5 Å². The topological polar surface area (TPSA) is 148 Å². The maximum Gasteiger partial charge on any atom is 0.253 e. The molecular formula is C44H63F3N10O4. The number of hydrogen-bond donors (Lipinski definition) is 9. The molecule has 0 bridgehead atoms. The molecule has 6 aliphatic heterocycles. The van der Waals surface area contributed by atoms with Crippen molar-refractivity contribution in [2.45, 2.75) is 134 Å². The van der Waals surface area contributed by atoms with Crippen molar-refractivity contribution in [2.24, 2.45) is 0 Å². The molecule has 0 spiro atoms. The highest BCUT2D eigenvalue weighted by Crippen LogP contribution is 2.48. The first-order valence-electron chi connectivity index (χ1n) is 22.5. The minimum atomic E-state index is -1.34. The summed E-state index contributed by atoms with van der Waals surface area (Å²) < 4.78 is 75.1. The van der Waals surface area contributed by atoms with Gasteiger partial charge in [-0.3, -0.25) is 21.3 Å². The van der Waals surface area contributed by atoms with Gasteiger partial charge in [-0.25, -0.2) is 18.1 Å². The molecule has 0 radical (unpaired) electrons. The molecule has 9 N–H and O–H groups in total. The summed E-state index contributed by atoms with van der Waals surface area (Å²) in [6.07, 6.45) is 8.93. The number of alkyl halides is 1. The van der Waals surface area contributed by atoms with Crippen molar-refractivity contribution < 1.29 is 32.1 Å². The second kappa shape index (κ2) is 18.9. The molecule has 9 rings (SSSR count). The number of nitrogens with zero attached hydrogens (tertiary/aromatic N) is 1. The first kappa shape index (κ1) is 42.5. The highest BCUT2D eigenvalue weighted by Gasteiger charge is 2.46. The van der Waals surface area contributed by atoms with Crippen LogP contribution in [0.25, 0.3) is 11.1 Å². The average Bonchev–Trinajstić information content (AvgIpc) is 3.66. The number of nitrogens with one attached hydrogen (secondary N) is 9. The fourth-order valence-electron chi connectivity index (χ4n) is 10.1. The van der Waals surface area contributed by atoms with E-state index < -0.39 is 48.9 Å². The molecule has 3 fully saturated rings. The molecule has 2 saturated heterocycles. The summed E-state index contributed by atoms with van der Waals surface area (Å²) in [5.41, 5.74) is 3.07. The minimum absolute atomic E-state index is 0.00846. The number of allylic oxidation sites excluding steroid dienone is 2. The maximum atomic E-state index is 16.9. The standard InChI is InChI=1S/C44H63F3N10O4/c1-24-19-33(48-3)56-43(52-24)54-29-21-32-41(36(38(29)46)27-10-8-16-50-18-14-27)61-34(60-32)22-51-42-37(45)25(2)53-44(57(42)28-11-5-4-6-12-28)55-30-20-31-40(59-23-58-31)35(39(30)47)26-9-7-15-49-17-13-26/h13-14,20-21,24-25,28,33-34,37,42-44,48-56H,4-12,15-19,22-23H2,1-3H3. The Kier molecular flexibility index (Phi) is 13.2. The molecule has 1 aliphatic carbocycles. The van der Waals surface area contributed by atoms with E-state index in [0.29, 0.717) is 60.1 Å². The fraction of sp³-hybridized carbons (Fsp3) is 0.636. The quantitative estimate of drug-likeness (QED) is 0.152. The second-order valence-corrected chi connectivity index (χ2v) is 17.5. The molecule has 6 heterocycles. The lowest BCUT2D eigenvalue weighted by Crippen LogP contribution is -2.73. The third-order valence-electron chi connectivity index (χ3n) is 13.2. The fourth-order valence-corrected chi connectivity index (χ4v) is 10.1. The van der Waals surface area contributed by atoms with Crippen molar-refractivity contribution >= 4 is 22.5 Å². The van der Waals surface area contributed by atoms with Crippen LogP contribution in [0.15, 0.2) is 24.3 Å². The normalized spacial score (nSPS) is 30.9. The van der Waals surface area contributed by atoms with Crippen molar-refractivity contribution in [1.29, 1.82) is 0 Å². The molecule has 0 amide bonds. The van der Waals surface area contributed by atoms with E-state index in [1.807, 2.05) is 26.1 Å². The molecule has 2 aromatic rings. The molecule has 0 aromatic heterocycles. The van der Waals surface area contributed by atoms with Crippen LogP contribution >= 0.6 is 0 Å². The molecule has 334 valence electrons. The zero-order chi connectivity index (χ0) is 42.0. The number of fused-ring (bicyclic) bond motifs is 2. The SMILES string of the molecule is CNC1CC(C)NC(Nc2cc3c(c(C4=CCNCCC4)c2F)OC(CNC2C(F)C(C)NC(Nc4cc5c(c(C6=CCNCCC6)c4F)OCO5)N2C2CCCCC2)O3)N1. The van der Waals surface area contributed by atoms with Crippen LogP contribution in [0, 0.1) is 11.6 Å². The van der Waals surface area contributed by atoms with Gasteiger partial charge in [0.25, 0.3) is 6.29 Å². The predicted molar refractivity (Wildman–Crippen MR) is 230 cm³/mol. The molecule has 17 heteroatoms. The Morgan fingerprint density at radius 2 is 1.48 bits per heavy atom. The van der Waals surface area contributed by atoms with E-state index >= 15 is 13.2 Å². The van der Waals surface area contributed by atoms with E-state index in [1.54, 1.807) is 12.1 Å².